The summed E-state index contributed by atoms with van der Waals surface area (Å²) in [5.41, 5.74) is 2.02. The van der Waals surface area contributed by atoms with Gasteiger partial charge in [-0.05, 0) is 51.7 Å². The Bertz CT molecular complexity index is 1340. The number of nitrogens with one attached hydrogen (secondary N) is 2. The molecule has 1 saturated heterocycles. The van der Waals surface area contributed by atoms with Crippen LogP contribution in [-0.4, -0.2) is 63.1 Å². The molecule has 2 N–H and O–H groups in total. The number of hydrogen-bond donors (Lipinski definition) is 2. The van der Waals surface area contributed by atoms with E-state index < -0.39 is 0 Å². The van der Waals surface area contributed by atoms with E-state index in [-0.39, 0.29) is 23.1 Å². The first-order chi connectivity index (χ1) is 16.4. The van der Waals surface area contributed by atoms with Gasteiger partial charge < -0.3 is 15.5 Å². The Morgan fingerprint density at radius 1 is 1.12 bits per heavy atom. The Labute approximate surface area is 197 Å². The van der Waals surface area contributed by atoms with Gasteiger partial charge in [0.15, 0.2) is 5.65 Å². The second-order valence-electron chi connectivity index (χ2n) is 8.26. The summed E-state index contributed by atoms with van der Waals surface area (Å²) in [4.78, 5) is 32.4. The van der Waals surface area contributed by atoms with E-state index in [0.29, 0.717) is 12.2 Å². The number of hydrogen-bond acceptors (Lipinski definition) is 6. The van der Waals surface area contributed by atoms with Crippen molar-refractivity contribution in [3.05, 3.63) is 76.5 Å². The maximum atomic E-state index is 13.1. The third-order valence-corrected chi connectivity index (χ3v) is 5.87. The molecule has 4 heterocycles. The first-order valence-electron chi connectivity index (χ1n) is 11.2. The number of carbonyl (C=O) groups is 1. The quantitative estimate of drug-likeness (QED) is 0.475. The maximum Gasteiger partial charge on any atom is 0.284 e. The van der Waals surface area contributed by atoms with Gasteiger partial charge in [-0.25, -0.2) is 14.2 Å². The number of benzene rings is 1. The van der Waals surface area contributed by atoms with E-state index in [4.69, 9.17) is 0 Å². The normalized spacial score (nSPS) is 15.3. The molecular weight excluding hydrogens is 432 g/mol. The van der Waals surface area contributed by atoms with Crippen molar-refractivity contribution < 1.29 is 4.79 Å². The highest BCUT2D eigenvalue weighted by Gasteiger charge is 2.28. The summed E-state index contributed by atoms with van der Waals surface area (Å²) in [7, 11) is 5.54. The molecule has 1 aromatic carbocycles. The van der Waals surface area contributed by atoms with E-state index in [1.807, 2.05) is 62.8 Å². The van der Waals surface area contributed by atoms with E-state index in [0.717, 1.165) is 30.1 Å². The monoisotopic (exact) mass is 462 g/mol. The molecule has 0 aliphatic carbocycles. The van der Waals surface area contributed by atoms with Crippen molar-refractivity contribution in [2.75, 3.05) is 32.1 Å². The maximum absolute atomic E-state index is 13.1. The van der Waals surface area contributed by atoms with Crippen LogP contribution in [0.15, 0.2) is 59.7 Å². The molecular formula is C24H30N8O2. The van der Waals surface area contributed by atoms with Crippen LogP contribution in [-0.2, 0) is 7.05 Å². The molecule has 3 aromatic heterocycles. The molecule has 1 aliphatic rings. The zero-order valence-corrected chi connectivity index (χ0v) is 19.9. The second-order valence-corrected chi connectivity index (χ2v) is 8.26. The van der Waals surface area contributed by atoms with Crippen LogP contribution in [0, 0.1) is 6.92 Å². The van der Waals surface area contributed by atoms with Crippen LogP contribution in [0.2, 0.25) is 0 Å². The predicted molar refractivity (Wildman–Crippen MR) is 132 cm³/mol. The molecule has 1 amide bonds. The molecule has 0 unspecified atom stereocenters. The minimum atomic E-state index is -0.336. The molecule has 10 heteroatoms. The Hall–Kier alpha value is -3.92. The van der Waals surface area contributed by atoms with Crippen molar-refractivity contribution in [3.63, 3.8) is 0 Å². The highest BCUT2D eigenvalue weighted by atomic mass is 16.2. The molecule has 1 aliphatic heterocycles. The minimum Gasteiger partial charge on any atom is -0.353 e. The Balaban J connectivity index is 0.000000868. The second kappa shape index (κ2) is 9.92. The first kappa shape index (κ1) is 23.2. The fraction of sp³-hybridized carbons (Fsp3) is 0.333. The molecule has 0 saturated carbocycles. The van der Waals surface area contributed by atoms with Crippen LogP contribution in [0.4, 0.5) is 5.82 Å². The van der Waals surface area contributed by atoms with Crippen LogP contribution in [0.3, 0.4) is 0 Å². The molecule has 0 radical (unpaired) electrons. The highest BCUT2D eigenvalue weighted by Crippen LogP contribution is 2.19. The van der Waals surface area contributed by atoms with Crippen LogP contribution < -0.4 is 21.1 Å². The Morgan fingerprint density at radius 3 is 2.59 bits per heavy atom. The largest absolute Gasteiger partial charge is 0.353 e. The molecule has 1 atom stereocenters. The van der Waals surface area contributed by atoms with E-state index in [9.17, 15) is 9.59 Å². The molecule has 34 heavy (non-hydrogen) atoms. The van der Waals surface area contributed by atoms with Crippen molar-refractivity contribution in [3.8, 4) is 5.69 Å². The number of amides is 1. The van der Waals surface area contributed by atoms with E-state index in [1.165, 1.54) is 4.68 Å². The van der Waals surface area contributed by atoms with E-state index >= 15 is 0 Å². The number of anilines is 1. The predicted octanol–water partition coefficient (Wildman–Crippen LogP) is 1.37. The SMILES string of the molecule is CNC.Cc1c(C(=O)N[C@H]2CCN(c3ccc4nccn4n3)C2)c(=O)n(-c2ccccc2)n1C. The van der Waals surface area contributed by atoms with Gasteiger partial charge in [0.1, 0.15) is 11.4 Å². The third-order valence-electron chi connectivity index (χ3n) is 5.87. The highest BCUT2D eigenvalue weighted by molar-refractivity contribution is 5.95. The number of imidazole rings is 1. The van der Waals surface area contributed by atoms with Crippen molar-refractivity contribution >= 4 is 17.4 Å². The van der Waals surface area contributed by atoms with Crippen molar-refractivity contribution in [2.45, 2.75) is 19.4 Å². The average molecular weight is 463 g/mol. The molecule has 0 bridgehead atoms. The average Bonchev–Trinajstić information content (AvgIpc) is 3.53. The Kier molecular flexibility index (Phi) is 6.78. The summed E-state index contributed by atoms with van der Waals surface area (Å²) in [6.45, 7) is 3.21. The molecule has 10 nitrogen and oxygen atoms in total. The zero-order valence-electron chi connectivity index (χ0n) is 19.9. The van der Waals surface area contributed by atoms with Gasteiger partial charge in [-0.15, -0.1) is 5.10 Å². The summed E-state index contributed by atoms with van der Waals surface area (Å²) in [6, 6.07) is 13.1. The molecule has 0 spiro atoms. The lowest BCUT2D eigenvalue weighted by Gasteiger charge is -2.17. The van der Waals surface area contributed by atoms with Gasteiger partial charge in [0.05, 0.1) is 11.4 Å². The first-order valence-corrected chi connectivity index (χ1v) is 11.2. The van der Waals surface area contributed by atoms with Gasteiger partial charge in [0, 0.05) is 38.6 Å². The van der Waals surface area contributed by atoms with Crippen LogP contribution in [0.5, 0.6) is 0 Å². The van der Waals surface area contributed by atoms with Gasteiger partial charge in [-0.2, -0.15) is 0 Å². The van der Waals surface area contributed by atoms with Crippen LogP contribution in [0.25, 0.3) is 11.3 Å². The molecule has 178 valence electrons. The number of fused-ring (bicyclic) bond motifs is 1. The van der Waals surface area contributed by atoms with Crippen molar-refractivity contribution in [2.24, 2.45) is 7.05 Å². The van der Waals surface area contributed by atoms with Gasteiger partial charge in [-0.3, -0.25) is 14.3 Å². The number of carbonyl (C=O) groups excluding carboxylic acids is 1. The number of rotatable bonds is 4. The number of nitrogens with zero attached hydrogens (tertiary/aromatic N) is 6. The van der Waals surface area contributed by atoms with Gasteiger partial charge in [0.25, 0.3) is 11.5 Å². The molecule has 5 rings (SSSR count). The molecule has 1 fully saturated rings. The summed E-state index contributed by atoms with van der Waals surface area (Å²) < 4.78 is 4.98. The summed E-state index contributed by atoms with van der Waals surface area (Å²) in [5.74, 6) is 0.502. The lowest BCUT2D eigenvalue weighted by Crippen LogP contribution is -2.39. The number of aromatic nitrogens is 5. The van der Waals surface area contributed by atoms with Crippen LogP contribution >= 0.6 is 0 Å². The van der Waals surface area contributed by atoms with Gasteiger partial charge >= 0.3 is 0 Å². The van der Waals surface area contributed by atoms with E-state index in [2.05, 4.69) is 25.6 Å². The minimum absolute atomic E-state index is 0.0584. The summed E-state index contributed by atoms with van der Waals surface area (Å²) in [5, 5.41) is 10.4. The Morgan fingerprint density at radius 2 is 1.85 bits per heavy atom. The van der Waals surface area contributed by atoms with Crippen molar-refractivity contribution in [1.82, 2.24) is 34.6 Å². The van der Waals surface area contributed by atoms with Gasteiger partial charge in [0.2, 0.25) is 0 Å². The lowest BCUT2D eigenvalue weighted by molar-refractivity contribution is 0.0938. The van der Waals surface area contributed by atoms with Crippen molar-refractivity contribution in [1.29, 1.82) is 0 Å². The van der Waals surface area contributed by atoms with Gasteiger partial charge in [-0.1, -0.05) is 18.2 Å². The summed E-state index contributed by atoms with van der Waals surface area (Å²) in [6.07, 6.45) is 4.31. The fourth-order valence-electron chi connectivity index (χ4n) is 4.15. The zero-order chi connectivity index (χ0) is 24.2. The fourth-order valence-corrected chi connectivity index (χ4v) is 4.15. The van der Waals surface area contributed by atoms with Crippen LogP contribution in [0.1, 0.15) is 22.5 Å². The number of para-hydroxylation sites is 1. The smallest absolute Gasteiger partial charge is 0.284 e. The van der Waals surface area contributed by atoms with E-state index in [1.54, 1.807) is 29.4 Å². The topological polar surface area (TPSA) is 101 Å². The summed E-state index contributed by atoms with van der Waals surface area (Å²) >= 11 is 0. The third kappa shape index (κ3) is 4.44. The lowest BCUT2D eigenvalue weighted by atomic mass is 10.2. The molecule has 4 aromatic rings. The standard InChI is InChI=1S/C22H23N7O2.C2H7N/c1-15-20(22(31)29(26(15)2)17-6-4-3-5-7-17)21(30)24-16-10-12-27(14-16)19-9-8-18-23-11-13-28(18)25-19;1-3-2/h3-9,11,13,16H,10,12,14H2,1-2H3,(H,24,30);3H,1-2H3/t16-;/m0./s1.